The van der Waals surface area contributed by atoms with Crippen molar-refractivity contribution in [2.45, 2.75) is 25.4 Å². The molecule has 1 aliphatic carbocycles. The minimum Gasteiger partial charge on any atom is -0.495 e. The van der Waals surface area contributed by atoms with Gasteiger partial charge in [0.2, 0.25) is 0 Å². The van der Waals surface area contributed by atoms with Gasteiger partial charge in [0.05, 0.1) is 30.0 Å². The fourth-order valence-electron chi connectivity index (χ4n) is 2.29. The maximum Gasteiger partial charge on any atom is 0.190 e. The summed E-state index contributed by atoms with van der Waals surface area (Å²) in [4.78, 5) is 7.74. The van der Waals surface area contributed by atoms with Gasteiger partial charge in [-0.3, -0.25) is 0 Å². The first-order valence-electron chi connectivity index (χ1n) is 6.71. The van der Waals surface area contributed by atoms with E-state index in [2.05, 4.69) is 0 Å². The van der Waals surface area contributed by atoms with Crippen LogP contribution in [0.25, 0.3) is 0 Å². The number of anilines is 2. The Bertz CT molecular complexity index is 608. The van der Waals surface area contributed by atoms with Gasteiger partial charge in [-0.25, -0.2) is 4.98 Å². The van der Waals surface area contributed by atoms with Crippen LogP contribution in [0, 0.1) is 0 Å². The van der Waals surface area contributed by atoms with Gasteiger partial charge in [0.15, 0.2) is 5.13 Å². The molecule has 0 spiro atoms. The molecule has 5 heteroatoms. The summed E-state index contributed by atoms with van der Waals surface area (Å²) in [5, 5.41) is 10.4. The number of para-hydroxylation sites is 2. The third kappa shape index (κ3) is 2.39. The number of aliphatic hydroxyl groups is 1. The van der Waals surface area contributed by atoms with Gasteiger partial charge >= 0.3 is 0 Å². The van der Waals surface area contributed by atoms with E-state index in [9.17, 15) is 5.11 Å². The first-order chi connectivity index (χ1) is 9.74. The van der Waals surface area contributed by atoms with E-state index in [1.54, 1.807) is 18.4 Å². The van der Waals surface area contributed by atoms with E-state index in [0.29, 0.717) is 5.92 Å². The van der Waals surface area contributed by atoms with Gasteiger partial charge in [-0.05, 0) is 25.0 Å². The van der Waals surface area contributed by atoms with Crippen LogP contribution in [0.1, 0.15) is 29.3 Å². The number of ether oxygens (including phenoxy) is 1. The van der Waals surface area contributed by atoms with Crippen molar-refractivity contribution in [2.24, 2.45) is 0 Å². The van der Waals surface area contributed by atoms with Crippen LogP contribution < -0.4 is 9.64 Å². The van der Waals surface area contributed by atoms with Crippen LogP contribution in [-0.4, -0.2) is 24.2 Å². The summed E-state index contributed by atoms with van der Waals surface area (Å²) < 4.78 is 5.40. The van der Waals surface area contributed by atoms with E-state index in [1.807, 2.05) is 36.2 Å². The molecule has 0 amide bonds. The number of rotatable bonds is 5. The van der Waals surface area contributed by atoms with E-state index in [-0.39, 0.29) is 6.61 Å². The van der Waals surface area contributed by atoms with Crippen molar-refractivity contribution in [3.63, 3.8) is 0 Å². The van der Waals surface area contributed by atoms with Crippen LogP contribution in [-0.2, 0) is 6.61 Å². The van der Waals surface area contributed by atoms with Gasteiger partial charge in [0, 0.05) is 13.0 Å². The van der Waals surface area contributed by atoms with Gasteiger partial charge in [-0.1, -0.05) is 23.5 Å². The maximum absolute atomic E-state index is 9.49. The lowest BCUT2D eigenvalue weighted by Gasteiger charge is -2.18. The Morgan fingerprint density at radius 1 is 1.40 bits per heavy atom. The van der Waals surface area contributed by atoms with Gasteiger partial charge < -0.3 is 14.7 Å². The summed E-state index contributed by atoms with van der Waals surface area (Å²) in [7, 11) is 3.65. The van der Waals surface area contributed by atoms with E-state index in [1.165, 1.54) is 12.8 Å². The molecule has 0 unspecified atom stereocenters. The lowest BCUT2D eigenvalue weighted by atomic mass is 10.2. The largest absolute Gasteiger partial charge is 0.495 e. The molecule has 3 rings (SSSR count). The van der Waals surface area contributed by atoms with Crippen molar-refractivity contribution < 1.29 is 9.84 Å². The van der Waals surface area contributed by atoms with Crippen LogP contribution in [0.5, 0.6) is 5.75 Å². The average molecular weight is 290 g/mol. The van der Waals surface area contributed by atoms with Crippen molar-refractivity contribution in [1.82, 2.24) is 4.98 Å². The fourth-order valence-corrected chi connectivity index (χ4v) is 3.27. The van der Waals surface area contributed by atoms with Crippen molar-refractivity contribution >= 4 is 22.2 Å². The van der Waals surface area contributed by atoms with E-state index >= 15 is 0 Å². The Balaban J connectivity index is 1.95. The summed E-state index contributed by atoms with van der Waals surface area (Å²) in [5.41, 5.74) is 2.06. The number of thiazole rings is 1. The topological polar surface area (TPSA) is 45.6 Å². The summed E-state index contributed by atoms with van der Waals surface area (Å²) in [6.45, 7) is 0.0727. The van der Waals surface area contributed by atoms with Gasteiger partial charge in [-0.15, -0.1) is 0 Å². The van der Waals surface area contributed by atoms with Gasteiger partial charge in [0.1, 0.15) is 5.75 Å². The number of hydrogen-bond acceptors (Lipinski definition) is 5. The monoisotopic (exact) mass is 290 g/mol. The van der Waals surface area contributed by atoms with Gasteiger partial charge in [-0.2, -0.15) is 0 Å². The first kappa shape index (κ1) is 13.4. The molecule has 4 nitrogen and oxygen atoms in total. The zero-order chi connectivity index (χ0) is 14.1. The van der Waals surface area contributed by atoms with Crippen LogP contribution in [0.3, 0.4) is 0 Å². The average Bonchev–Trinajstić information content (AvgIpc) is 3.25. The first-order valence-corrected chi connectivity index (χ1v) is 7.53. The highest BCUT2D eigenvalue weighted by molar-refractivity contribution is 7.15. The van der Waals surface area contributed by atoms with Crippen LogP contribution in [0.15, 0.2) is 24.3 Å². The zero-order valence-corrected chi connectivity index (χ0v) is 12.5. The molecule has 0 radical (unpaired) electrons. The second-order valence-corrected chi connectivity index (χ2v) is 6.03. The fraction of sp³-hybridized carbons (Fsp3) is 0.400. The lowest BCUT2D eigenvalue weighted by molar-refractivity contribution is 0.284. The maximum atomic E-state index is 9.49. The molecule has 1 aliphatic rings. The van der Waals surface area contributed by atoms with Crippen molar-refractivity contribution in [2.75, 3.05) is 19.1 Å². The molecule has 1 N–H and O–H groups in total. The Hall–Kier alpha value is -1.59. The normalized spacial score (nSPS) is 14.3. The molecule has 1 aromatic carbocycles. The summed E-state index contributed by atoms with van der Waals surface area (Å²) in [6.07, 6.45) is 2.38. The van der Waals surface area contributed by atoms with E-state index in [4.69, 9.17) is 9.72 Å². The molecule has 20 heavy (non-hydrogen) atoms. The van der Waals surface area contributed by atoms with Crippen LogP contribution in [0.2, 0.25) is 0 Å². The minimum atomic E-state index is 0.0727. The number of hydrogen-bond donors (Lipinski definition) is 1. The van der Waals surface area contributed by atoms with Crippen molar-refractivity contribution in [3.05, 3.63) is 34.8 Å². The molecule has 106 valence electrons. The third-order valence-corrected chi connectivity index (χ3v) is 4.69. The Morgan fingerprint density at radius 2 is 2.15 bits per heavy atom. The molecular weight excluding hydrogens is 272 g/mol. The SMILES string of the molecule is COc1ccccc1N(C)c1nc(C2CC2)c(CO)s1. The second-order valence-electron chi connectivity index (χ2n) is 4.97. The number of aliphatic hydroxyl groups excluding tert-OH is 1. The molecule has 0 bridgehead atoms. The van der Waals surface area contributed by atoms with E-state index in [0.717, 1.165) is 27.1 Å². The van der Waals surface area contributed by atoms with Crippen molar-refractivity contribution in [3.8, 4) is 5.75 Å². The van der Waals surface area contributed by atoms with Gasteiger partial charge in [0.25, 0.3) is 0 Å². The highest BCUT2D eigenvalue weighted by Crippen LogP contribution is 2.45. The molecule has 1 aromatic heterocycles. The van der Waals surface area contributed by atoms with Crippen LogP contribution >= 0.6 is 11.3 Å². The zero-order valence-electron chi connectivity index (χ0n) is 11.7. The summed E-state index contributed by atoms with van der Waals surface area (Å²) >= 11 is 1.56. The molecule has 2 aromatic rings. The number of aromatic nitrogens is 1. The van der Waals surface area contributed by atoms with Crippen molar-refractivity contribution in [1.29, 1.82) is 0 Å². The Labute approximate surface area is 122 Å². The minimum absolute atomic E-state index is 0.0727. The second kappa shape index (κ2) is 5.42. The number of benzene rings is 1. The highest BCUT2D eigenvalue weighted by atomic mass is 32.1. The standard InChI is InChI=1S/C15H18N2O2S/c1-17(11-5-3-4-6-12(11)19-2)15-16-14(10-7-8-10)13(9-18)20-15/h3-6,10,18H,7-9H2,1-2H3. The predicted octanol–water partition coefficient (Wildman–Crippen LogP) is 3.29. The molecule has 0 saturated heterocycles. The predicted molar refractivity (Wildman–Crippen MR) is 81.1 cm³/mol. The molecular formula is C15H18N2O2S. The lowest BCUT2D eigenvalue weighted by Crippen LogP contribution is -2.10. The Kier molecular flexibility index (Phi) is 3.63. The molecule has 0 aliphatic heterocycles. The molecule has 1 heterocycles. The molecule has 0 atom stereocenters. The quantitative estimate of drug-likeness (QED) is 0.918. The highest BCUT2D eigenvalue weighted by Gasteiger charge is 2.30. The molecule has 1 fully saturated rings. The third-order valence-electron chi connectivity index (χ3n) is 3.56. The van der Waals surface area contributed by atoms with Crippen LogP contribution in [0.4, 0.5) is 10.8 Å². The summed E-state index contributed by atoms with van der Waals surface area (Å²) in [6, 6.07) is 7.88. The smallest absolute Gasteiger partial charge is 0.190 e. The Morgan fingerprint density at radius 3 is 2.80 bits per heavy atom. The summed E-state index contributed by atoms with van der Waals surface area (Å²) in [5.74, 6) is 1.37. The molecule has 1 saturated carbocycles. The number of nitrogens with zero attached hydrogens (tertiary/aromatic N) is 2. The number of methoxy groups -OCH3 is 1. The van der Waals surface area contributed by atoms with E-state index < -0.39 is 0 Å².